The first kappa shape index (κ1) is 13.6. The molecule has 21 heavy (non-hydrogen) atoms. The number of hydrogen-bond acceptors (Lipinski definition) is 2. The van der Waals surface area contributed by atoms with Gasteiger partial charge in [0.25, 0.3) is 5.56 Å². The summed E-state index contributed by atoms with van der Waals surface area (Å²) in [6.45, 7) is 8.12. The van der Waals surface area contributed by atoms with Gasteiger partial charge in [-0.2, -0.15) is 5.10 Å². The van der Waals surface area contributed by atoms with E-state index >= 15 is 0 Å². The van der Waals surface area contributed by atoms with Gasteiger partial charge in [-0.25, -0.2) is 5.10 Å². The topological polar surface area (TPSA) is 45.8 Å². The number of benzene rings is 2. The van der Waals surface area contributed by atoms with Crippen LogP contribution in [0, 0.1) is 27.7 Å². The van der Waals surface area contributed by atoms with Crippen molar-refractivity contribution in [2.45, 2.75) is 27.7 Å². The third-order valence-electron chi connectivity index (χ3n) is 4.00. The fourth-order valence-corrected chi connectivity index (χ4v) is 2.81. The van der Waals surface area contributed by atoms with Gasteiger partial charge in [-0.3, -0.25) is 4.79 Å². The molecule has 0 unspecified atom stereocenters. The Morgan fingerprint density at radius 1 is 0.857 bits per heavy atom. The van der Waals surface area contributed by atoms with Gasteiger partial charge >= 0.3 is 0 Å². The maximum Gasteiger partial charge on any atom is 0.272 e. The van der Waals surface area contributed by atoms with Crippen molar-refractivity contribution in [3.63, 3.8) is 0 Å². The number of aromatic amines is 1. The van der Waals surface area contributed by atoms with Crippen LogP contribution in [0.3, 0.4) is 0 Å². The summed E-state index contributed by atoms with van der Waals surface area (Å²) in [5.41, 5.74) is 6.19. The van der Waals surface area contributed by atoms with Crippen LogP contribution in [0.2, 0.25) is 0 Å². The van der Waals surface area contributed by atoms with E-state index in [1.807, 2.05) is 26.0 Å². The number of hydrogen-bond donors (Lipinski definition) is 1. The molecule has 3 heteroatoms. The molecule has 0 fully saturated rings. The number of rotatable bonds is 1. The van der Waals surface area contributed by atoms with Crippen LogP contribution in [0.5, 0.6) is 0 Å². The van der Waals surface area contributed by atoms with E-state index in [4.69, 9.17) is 0 Å². The zero-order valence-electron chi connectivity index (χ0n) is 12.7. The average molecular weight is 278 g/mol. The van der Waals surface area contributed by atoms with Gasteiger partial charge < -0.3 is 0 Å². The molecular weight excluding hydrogens is 260 g/mol. The van der Waals surface area contributed by atoms with Gasteiger partial charge in [-0.05, 0) is 50.5 Å². The largest absolute Gasteiger partial charge is 0.272 e. The molecule has 0 amide bonds. The van der Waals surface area contributed by atoms with Crippen molar-refractivity contribution in [3.05, 3.63) is 62.9 Å². The van der Waals surface area contributed by atoms with Gasteiger partial charge in [0.05, 0.1) is 11.1 Å². The molecule has 1 heterocycles. The predicted octanol–water partition coefficient (Wildman–Crippen LogP) is 3.82. The van der Waals surface area contributed by atoms with Gasteiger partial charge in [0, 0.05) is 10.9 Å². The Morgan fingerprint density at radius 2 is 1.48 bits per heavy atom. The van der Waals surface area contributed by atoms with Gasteiger partial charge in [-0.15, -0.1) is 0 Å². The second-order valence-electron chi connectivity index (χ2n) is 5.67. The van der Waals surface area contributed by atoms with E-state index in [2.05, 4.69) is 42.2 Å². The molecule has 0 aliphatic carbocycles. The van der Waals surface area contributed by atoms with E-state index in [1.54, 1.807) is 0 Å². The molecule has 3 nitrogen and oxygen atoms in total. The first-order valence-corrected chi connectivity index (χ1v) is 7.05. The Hall–Kier alpha value is -2.42. The lowest BCUT2D eigenvalue weighted by atomic mass is 9.95. The molecule has 0 atom stereocenters. The monoisotopic (exact) mass is 278 g/mol. The van der Waals surface area contributed by atoms with Crippen LogP contribution in [-0.4, -0.2) is 10.2 Å². The molecule has 3 aromatic rings. The van der Waals surface area contributed by atoms with Crippen molar-refractivity contribution < 1.29 is 0 Å². The Labute approximate surface area is 123 Å². The van der Waals surface area contributed by atoms with E-state index < -0.39 is 0 Å². The Balaban J connectivity index is 2.50. The summed E-state index contributed by atoms with van der Waals surface area (Å²) in [4.78, 5) is 12.2. The first-order chi connectivity index (χ1) is 9.99. The lowest BCUT2D eigenvalue weighted by Crippen LogP contribution is -2.12. The smallest absolute Gasteiger partial charge is 0.267 e. The van der Waals surface area contributed by atoms with Crippen molar-refractivity contribution in [2.75, 3.05) is 0 Å². The number of aryl methyl sites for hydroxylation is 4. The predicted molar refractivity (Wildman–Crippen MR) is 86.7 cm³/mol. The van der Waals surface area contributed by atoms with Crippen LogP contribution >= 0.6 is 0 Å². The summed E-state index contributed by atoms with van der Waals surface area (Å²) < 4.78 is 0. The summed E-state index contributed by atoms with van der Waals surface area (Å²) in [6.07, 6.45) is 0. The molecule has 3 rings (SSSR count). The molecule has 0 saturated carbocycles. The van der Waals surface area contributed by atoms with E-state index in [-0.39, 0.29) is 5.56 Å². The van der Waals surface area contributed by atoms with Crippen molar-refractivity contribution in [1.29, 1.82) is 0 Å². The number of fused-ring (bicyclic) bond motifs is 1. The maximum atomic E-state index is 12.2. The van der Waals surface area contributed by atoms with Crippen molar-refractivity contribution in [3.8, 4) is 11.3 Å². The van der Waals surface area contributed by atoms with E-state index in [0.717, 1.165) is 38.7 Å². The zero-order chi connectivity index (χ0) is 15.1. The quantitative estimate of drug-likeness (QED) is 0.735. The van der Waals surface area contributed by atoms with Gasteiger partial charge in [0.1, 0.15) is 0 Å². The van der Waals surface area contributed by atoms with Crippen LogP contribution in [-0.2, 0) is 0 Å². The molecule has 0 spiro atoms. The van der Waals surface area contributed by atoms with Gasteiger partial charge in [-0.1, -0.05) is 29.8 Å². The first-order valence-electron chi connectivity index (χ1n) is 7.05. The van der Waals surface area contributed by atoms with Crippen LogP contribution in [0.25, 0.3) is 22.0 Å². The number of nitrogens with zero attached hydrogens (tertiary/aromatic N) is 1. The highest BCUT2D eigenvalue weighted by Gasteiger charge is 2.14. The lowest BCUT2D eigenvalue weighted by Gasteiger charge is -2.12. The second-order valence-corrected chi connectivity index (χ2v) is 5.67. The van der Waals surface area contributed by atoms with Crippen LogP contribution < -0.4 is 5.56 Å². The Bertz CT molecular complexity index is 907. The minimum absolute atomic E-state index is 0.125. The molecule has 1 aromatic heterocycles. The van der Waals surface area contributed by atoms with Crippen molar-refractivity contribution >= 4 is 10.8 Å². The summed E-state index contributed by atoms with van der Waals surface area (Å²) in [7, 11) is 0. The SMILES string of the molecule is Cc1ccc(C)c(-c2n[nH]c(=O)c3c(C)ccc(C)c23)c1. The minimum atomic E-state index is -0.125. The third-order valence-corrected chi connectivity index (χ3v) is 4.00. The highest BCUT2D eigenvalue weighted by molar-refractivity contribution is 5.98. The average Bonchev–Trinajstić information content (AvgIpc) is 2.46. The summed E-state index contributed by atoms with van der Waals surface area (Å²) in [6, 6.07) is 10.3. The highest BCUT2D eigenvalue weighted by atomic mass is 16.1. The van der Waals surface area contributed by atoms with Crippen molar-refractivity contribution in [2.24, 2.45) is 0 Å². The van der Waals surface area contributed by atoms with E-state index in [9.17, 15) is 4.79 Å². The normalized spacial score (nSPS) is 11.0. The molecule has 106 valence electrons. The Kier molecular flexibility index (Phi) is 3.13. The standard InChI is InChI=1S/C18H18N2O/c1-10-5-6-11(2)14(9-10)17-15-12(3)7-8-13(4)16(15)18(21)20-19-17/h5-9H,1-4H3,(H,20,21). The molecule has 0 aliphatic heterocycles. The summed E-state index contributed by atoms with van der Waals surface area (Å²) in [5, 5.41) is 8.68. The van der Waals surface area contributed by atoms with Gasteiger partial charge in [0.2, 0.25) is 0 Å². The summed E-state index contributed by atoms with van der Waals surface area (Å²) >= 11 is 0. The number of H-pyrrole nitrogens is 1. The second kappa shape index (κ2) is 4.85. The fourth-order valence-electron chi connectivity index (χ4n) is 2.81. The fraction of sp³-hybridized carbons (Fsp3) is 0.222. The van der Waals surface area contributed by atoms with Gasteiger partial charge in [0.15, 0.2) is 0 Å². The third kappa shape index (κ3) is 2.15. The number of nitrogens with one attached hydrogen (secondary N) is 1. The van der Waals surface area contributed by atoms with E-state index in [0.29, 0.717) is 0 Å². The molecule has 0 aliphatic rings. The molecule has 0 bridgehead atoms. The zero-order valence-corrected chi connectivity index (χ0v) is 12.7. The van der Waals surface area contributed by atoms with Crippen LogP contribution in [0.4, 0.5) is 0 Å². The van der Waals surface area contributed by atoms with Crippen LogP contribution in [0.1, 0.15) is 22.3 Å². The lowest BCUT2D eigenvalue weighted by molar-refractivity contribution is 1.01. The minimum Gasteiger partial charge on any atom is -0.267 e. The molecule has 0 saturated heterocycles. The molecule has 2 aromatic carbocycles. The van der Waals surface area contributed by atoms with Crippen molar-refractivity contribution in [1.82, 2.24) is 10.2 Å². The Morgan fingerprint density at radius 3 is 2.19 bits per heavy atom. The summed E-state index contributed by atoms with van der Waals surface area (Å²) in [5.74, 6) is 0. The molecule has 1 N–H and O–H groups in total. The number of aromatic nitrogens is 2. The highest BCUT2D eigenvalue weighted by Crippen LogP contribution is 2.31. The van der Waals surface area contributed by atoms with Crippen LogP contribution in [0.15, 0.2) is 35.1 Å². The maximum absolute atomic E-state index is 12.2. The van der Waals surface area contributed by atoms with E-state index in [1.165, 1.54) is 5.56 Å². The molecular formula is C18H18N2O. The molecule has 0 radical (unpaired) electrons.